The quantitative estimate of drug-likeness (QED) is 0.549. The van der Waals surface area contributed by atoms with Gasteiger partial charge in [-0.3, -0.25) is 9.59 Å². The average molecular weight is 349 g/mol. The Morgan fingerprint density at radius 1 is 1.00 bits per heavy atom. The van der Waals surface area contributed by atoms with Crippen LogP contribution in [0.25, 0.3) is 10.8 Å². The first-order chi connectivity index (χ1) is 12.6. The van der Waals surface area contributed by atoms with Gasteiger partial charge < -0.3 is 5.32 Å². The second-order valence-corrected chi connectivity index (χ2v) is 5.55. The fourth-order valence-electron chi connectivity index (χ4n) is 2.47. The molecule has 0 aromatic heterocycles. The van der Waals surface area contributed by atoms with Crippen molar-refractivity contribution in [3.63, 3.8) is 0 Å². The molecule has 0 spiro atoms. The molecule has 6 heteroatoms. The molecule has 5 nitrogen and oxygen atoms in total. The normalized spacial score (nSPS) is 10.8. The van der Waals surface area contributed by atoms with E-state index in [0.29, 0.717) is 0 Å². The van der Waals surface area contributed by atoms with Crippen molar-refractivity contribution >= 4 is 28.8 Å². The highest BCUT2D eigenvalue weighted by Gasteiger charge is 2.08. The van der Waals surface area contributed by atoms with E-state index in [-0.39, 0.29) is 12.1 Å². The summed E-state index contributed by atoms with van der Waals surface area (Å²) in [7, 11) is 0. The van der Waals surface area contributed by atoms with Crippen LogP contribution in [0.1, 0.15) is 15.9 Å². The van der Waals surface area contributed by atoms with Crippen LogP contribution < -0.4 is 10.7 Å². The summed E-state index contributed by atoms with van der Waals surface area (Å²) < 4.78 is 13.1. The smallest absolute Gasteiger partial charge is 0.259 e. The van der Waals surface area contributed by atoms with E-state index < -0.39 is 17.6 Å². The molecule has 0 fully saturated rings. The molecule has 2 amide bonds. The lowest BCUT2D eigenvalue weighted by atomic mass is 10.1. The molecule has 2 N–H and O–H groups in total. The van der Waals surface area contributed by atoms with Crippen LogP contribution in [0.2, 0.25) is 0 Å². The van der Waals surface area contributed by atoms with Gasteiger partial charge in [-0.05, 0) is 29.0 Å². The van der Waals surface area contributed by atoms with Crippen molar-refractivity contribution < 1.29 is 14.0 Å². The van der Waals surface area contributed by atoms with Crippen molar-refractivity contribution in [1.29, 1.82) is 0 Å². The second-order valence-electron chi connectivity index (χ2n) is 5.55. The minimum Gasteiger partial charge on any atom is -0.343 e. The molecule has 0 radical (unpaired) electrons. The van der Waals surface area contributed by atoms with Crippen molar-refractivity contribution in [2.24, 2.45) is 5.10 Å². The Balaban J connectivity index is 1.55. The van der Waals surface area contributed by atoms with Gasteiger partial charge in [0.1, 0.15) is 5.82 Å². The molecule has 0 aliphatic carbocycles. The molecule has 0 aliphatic rings. The zero-order valence-electron chi connectivity index (χ0n) is 13.8. The number of nitrogens with one attached hydrogen (secondary N) is 2. The molecule has 0 bridgehead atoms. The zero-order chi connectivity index (χ0) is 18.4. The summed E-state index contributed by atoms with van der Waals surface area (Å²) in [5.74, 6) is -1.52. The number of carbonyl (C=O) groups is 2. The Labute approximate surface area is 149 Å². The lowest BCUT2D eigenvalue weighted by Gasteiger charge is -2.04. The SMILES string of the molecule is O=C(CNC(=O)c1cccc(F)c1)N/N=C\c1cccc2ccccc12. The fraction of sp³-hybridized carbons (Fsp3) is 0.0500. The first-order valence-electron chi connectivity index (χ1n) is 7.97. The van der Waals surface area contributed by atoms with Crippen LogP contribution >= 0.6 is 0 Å². The number of hydrazone groups is 1. The first-order valence-corrected chi connectivity index (χ1v) is 7.97. The van der Waals surface area contributed by atoms with Crippen LogP contribution in [0.5, 0.6) is 0 Å². The summed E-state index contributed by atoms with van der Waals surface area (Å²) in [6.07, 6.45) is 1.55. The number of hydrogen-bond acceptors (Lipinski definition) is 3. The molecule has 3 rings (SSSR count). The Kier molecular flexibility index (Phi) is 5.34. The van der Waals surface area contributed by atoms with Gasteiger partial charge in [0, 0.05) is 11.1 Å². The lowest BCUT2D eigenvalue weighted by molar-refractivity contribution is -0.120. The van der Waals surface area contributed by atoms with Gasteiger partial charge >= 0.3 is 0 Å². The average Bonchev–Trinajstić information content (AvgIpc) is 2.66. The number of rotatable bonds is 5. The van der Waals surface area contributed by atoms with Crippen molar-refractivity contribution in [3.05, 3.63) is 83.7 Å². The van der Waals surface area contributed by atoms with Crippen molar-refractivity contribution in [2.75, 3.05) is 6.54 Å². The molecular weight excluding hydrogens is 333 g/mol. The molecule has 0 saturated heterocycles. The van der Waals surface area contributed by atoms with E-state index >= 15 is 0 Å². The highest BCUT2D eigenvalue weighted by Crippen LogP contribution is 2.16. The van der Waals surface area contributed by atoms with E-state index in [2.05, 4.69) is 15.8 Å². The zero-order valence-corrected chi connectivity index (χ0v) is 13.8. The maximum atomic E-state index is 13.1. The molecule has 0 heterocycles. The number of hydrogen-bond donors (Lipinski definition) is 2. The van der Waals surface area contributed by atoms with E-state index in [1.165, 1.54) is 18.2 Å². The highest BCUT2D eigenvalue weighted by molar-refractivity contribution is 6.00. The predicted molar refractivity (Wildman–Crippen MR) is 98.4 cm³/mol. The number of benzene rings is 3. The number of fused-ring (bicyclic) bond motifs is 1. The van der Waals surface area contributed by atoms with E-state index in [9.17, 15) is 14.0 Å². The Morgan fingerprint density at radius 3 is 2.62 bits per heavy atom. The summed E-state index contributed by atoms with van der Waals surface area (Å²) >= 11 is 0. The Hall–Kier alpha value is -3.54. The summed E-state index contributed by atoms with van der Waals surface area (Å²) in [5.41, 5.74) is 3.37. The van der Waals surface area contributed by atoms with E-state index in [4.69, 9.17) is 0 Å². The maximum absolute atomic E-state index is 13.1. The van der Waals surface area contributed by atoms with E-state index in [1.54, 1.807) is 6.21 Å². The third-order valence-corrected chi connectivity index (χ3v) is 3.71. The summed E-state index contributed by atoms with van der Waals surface area (Å²) in [6.45, 7) is -0.262. The van der Waals surface area contributed by atoms with E-state index in [1.807, 2.05) is 42.5 Å². The standard InChI is InChI=1S/C20H16FN3O2/c21-17-9-4-7-15(11-17)20(26)22-13-19(25)24-23-12-16-8-3-6-14-5-1-2-10-18(14)16/h1-12H,13H2,(H,22,26)(H,24,25)/b23-12-. The van der Waals surface area contributed by atoms with Crippen molar-refractivity contribution in [1.82, 2.24) is 10.7 Å². The van der Waals surface area contributed by atoms with E-state index in [0.717, 1.165) is 22.4 Å². The Bertz CT molecular complexity index is 980. The molecule has 0 atom stereocenters. The third kappa shape index (κ3) is 4.30. The highest BCUT2D eigenvalue weighted by atomic mass is 19.1. The number of halogens is 1. The van der Waals surface area contributed by atoms with Crippen LogP contribution in [0.3, 0.4) is 0 Å². The second kappa shape index (κ2) is 8.02. The summed E-state index contributed by atoms with van der Waals surface area (Å²) in [6, 6.07) is 18.9. The predicted octanol–water partition coefficient (Wildman–Crippen LogP) is 2.86. The number of nitrogens with zero attached hydrogens (tertiary/aromatic N) is 1. The fourth-order valence-corrected chi connectivity index (χ4v) is 2.47. The maximum Gasteiger partial charge on any atom is 0.259 e. The van der Waals surface area contributed by atoms with Crippen LogP contribution in [0.15, 0.2) is 71.8 Å². The van der Waals surface area contributed by atoms with Crippen molar-refractivity contribution in [3.8, 4) is 0 Å². The minimum atomic E-state index is -0.530. The van der Waals surface area contributed by atoms with Crippen LogP contribution in [-0.4, -0.2) is 24.6 Å². The lowest BCUT2D eigenvalue weighted by Crippen LogP contribution is -2.34. The third-order valence-electron chi connectivity index (χ3n) is 3.71. The van der Waals surface area contributed by atoms with Gasteiger partial charge in [-0.25, -0.2) is 9.82 Å². The van der Waals surface area contributed by atoms with Crippen LogP contribution in [0, 0.1) is 5.82 Å². The monoisotopic (exact) mass is 349 g/mol. The molecule has 0 unspecified atom stereocenters. The number of carbonyl (C=O) groups excluding carboxylic acids is 2. The van der Waals surface area contributed by atoms with Crippen LogP contribution in [0.4, 0.5) is 4.39 Å². The molecule has 3 aromatic rings. The van der Waals surface area contributed by atoms with Gasteiger partial charge in [0.05, 0.1) is 12.8 Å². The van der Waals surface area contributed by atoms with Gasteiger partial charge in [-0.15, -0.1) is 0 Å². The molecule has 130 valence electrons. The van der Waals surface area contributed by atoms with Gasteiger partial charge in [0.25, 0.3) is 11.8 Å². The van der Waals surface area contributed by atoms with Gasteiger partial charge in [-0.1, -0.05) is 48.5 Å². The minimum absolute atomic E-state index is 0.150. The van der Waals surface area contributed by atoms with Gasteiger partial charge in [0.2, 0.25) is 0 Å². The molecule has 0 saturated carbocycles. The molecule has 0 aliphatic heterocycles. The Morgan fingerprint density at radius 2 is 1.77 bits per heavy atom. The first kappa shape index (κ1) is 17.3. The van der Waals surface area contributed by atoms with Gasteiger partial charge in [-0.2, -0.15) is 5.10 Å². The number of amides is 2. The summed E-state index contributed by atoms with van der Waals surface area (Å²) in [5, 5.41) is 8.43. The van der Waals surface area contributed by atoms with Crippen LogP contribution in [-0.2, 0) is 4.79 Å². The molecule has 3 aromatic carbocycles. The molecule has 26 heavy (non-hydrogen) atoms. The van der Waals surface area contributed by atoms with Crippen molar-refractivity contribution in [2.45, 2.75) is 0 Å². The summed E-state index contributed by atoms with van der Waals surface area (Å²) in [4.78, 5) is 23.6. The van der Waals surface area contributed by atoms with Gasteiger partial charge in [0.15, 0.2) is 0 Å². The topological polar surface area (TPSA) is 70.6 Å². The largest absolute Gasteiger partial charge is 0.343 e. The molecular formula is C20H16FN3O2.